The van der Waals surface area contributed by atoms with Crippen LogP contribution in [0.15, 0.2) is 29.2 Å². The molecule has 1 amide bonds. The van der Waals surface area contributed by atoms with Gasteiger partial charge in [0.1, 0.15) is 4.32 Å². The van der Waals surface area contributed by atoms with Gasteiger partial charge in [0.25, 0.3) is 11.6 Å². The molecule has 0 N–H and O–H groups in total. The number of hydrogen-bond acceptors (Lipinski definition) is 5. The largest absolute Gasteiger partial charge is 0.293 e. The number of hydrogen-bond donors (Lipinski definition) is 0. The SMILES string of the molecule is CCCCN1C(=O)C(=Cc2ccc([N+](=O)[O-])cc2)SC1=S. The summed E-state index contributed by atoms with van der Waals surface area (Å²) in [7, 11) is 0. The molecular formula is C14H14N2O3S2. The number of carbonyl (C=O) groups excluding carboxylic acids is 1. The van der Waals surface area contributed by atoms with E-state index in [0.717, 1.165) is 18.4 Å². The van der Waals surface area contributed by atoms with Crippen molar-refractivity contribution in [3.63, 3.8) is 0 Å². The van der Waals surface area contributed by atoms with Crippen LogP contribution in [0, 0.1) is 10.1 Å². The number of carbonyl (C=O) groups is 1. The number of rotatable bonds is 5. The van der Waals surface area contributed by atoms with Crippen molar-refractivity contribution in [1.82, 2.24) is 4.90 Å². The molecule has 0 spiro atoms. The van der Waals surface area contributed by atoms with E-state index in [2.05, 4.69) is 6.92 Å². The van der Waals surface area contributed by atoms with E-state index in [-0.39, 0.29) is 11.6 Å². The van der Waals surface area contributed by atoms with Gasteiger partial charge >= 0.3 is 0 Å². The van der Waals surface area contributed by atoms with E-state index in [1.807, 2.05) is 0 Å². The normalized spacial score (nSPS) is 16.8. The first-order chi connectivity index (χ1) is 10.0. The molecule has 1 aliphatic heterocycles. The van der Waals surface area contributed by atoms with E-state index < -0.39 is 4.92 Å². The number of unbranched alkanes of at least 4 members (excludes halogenated alkanes) is 1. The molecule has 1 aliphatic rings. The zero-order valence-corrected chi connectivity index (χ0v) is 13.1. The molecule has 5 nitrogen and oxygen atoms in total. The van der Waals surface area contributed by atoms with Crippen LogP contribution in [0.4, 0.5) is 5.69 Å². The molecule has 0 aromatic heterocycles. The van der Waals surface area contributed by atoms with Crippen molar-refractivity contribution in [2.24, 2.45) is 0 Å². The Balaban J connectivity index is 2.16. The first-order valence-electron chi connectivity index (χ1n) is 6.52. The van der Waals surface area contributed by atoms with Crippen LogP contribution in [-0.2, 0) is 4.79 Å². The maximum atomic E-state index is 12.2. The zero-order valence-electron chi connectivity index (χ0n) is 11.4. The fourth-order valence-electron chi connectivity index (χ4n) is 1.85. The fraction of sp³-hybridized carbons (Fsp3) is 0.286. The molecule has 1 aromatic rings. The molecule has 2 rings (SSSR count). The van der Waals surface area contributed by atoms with Crippen LogP contribution < -0.4 is 0 Å². The van der Waals surface area contributed by atoms with Crippen LogP contribution in [0.5, 0.6) is 0 Å². The highest BCUT2D eigenvalue weighted by atomic mass is 32.2. The van der Waals surface area contributed by atoms with E-state index in [1.54, 1.807) is 23.1 Å². The molecule has 0 atom stereocenters. The quantitative estimate of drug-likeness (QED) is 0.359. The lowest BCUT2D eigenvalue weighted by atomic mass is 10.2. The molecule has 1 aromatic carbocycles. The number of benzene rings is 1. The van der Waals surface area contributed by atoms with Crippen LogP contribution in [0.25, 0.3) is 6.08 Å². The average molecular weight is 322 g/mol. The van der Waals surface area contributed by atoms with Gasteiger partial charge in [-0.05, 0) is 30.2 Å². The van der Waals surface area contributed by atoms with Crippen molar-refractivity contribution in [3.05, 3.63) is 44.8 Å². The van der Waals surface area contributed by atoms with E-state index in [1.165, 1.54) is 23.9 Å². The van der Waals surface area contributed by atoms with E-state index >= 15 is 0 Å². The van der Waals surface area contributed by atoms with Gasteiger partial charge in [-0.25, -0.2) is 0 Å². The minimum absolute atomic E-state index is 0.0302. The van der Waals surface area contributed by atoms with Crippen molar-refractivity contribution < 1.29 is 9.72 Å². The molecule has 1 fully saturated rings. The number of non-ortho nitro benzene ring substituents is 1. The molecule has 110 valence electrons. The lowest BCUT2D eigenvalue weighted by molar-refractivity contribution is -0.384. The molecule has 7 heteroatoms. The summed E-state index contributed by atoms with van der Waals surface area (Å²) >= 11 is 6.49. The van der Waals surface area contributed by atoms with Gasteiger partial charge in [-0.3, -0.25) is 19.8 Å². The first kappa shape index (κ1) is 15.7. The van der Waals surface area contributed by atoms with E-state index in [0.29, 0.717) is 15.8 Å². The molecule has 0 bridgehead atoms. The van der Waals surface area contributed by atoms with Gasteiger partial charge in [0.05, 0.1) is 9.83 Å². The number of nitrogens with zero attached hydrogens (tertiary/aromatic N) is 2. The number of thioether (sulfide) groups is 1. The summed E-state index contributed by atoms with van der Waals surface area (Å²) in [6.07, 6.45) is 3.63. The smallest absolute Gasteiger partial charge is 0.269 e. The van der Waals surface area contributed by atoms with Gasteiger partial charge < -0.3 is 0 Å². The third-order valence-corrected chi connectivity index (χ3v) is 4.39. The maximum Gasteiger partial charge on any atom is 0.269 e. The second-order valence-corrected chi connectivity index (χ2v) is 6.21. The number of nitro groups is 1. The lowest BCUT2D eigenvalue weighted by Gasteiger charge is -2.12. The van der Waals surface area contributed by atoms with Gasteiger partial charge in [-0.15, -0.1) is 0 Å². The van der Waals surface area contributed by atoms with Crippen molar-refractivity contribution in [1.29, 1.82) is 0 Å². The molecule has 1 heterocycles. The average Bonchev–Trinajstić information content (AvgIpc) is 2.72. The van der Waals surface area contributed by atoms with Gasteiger partial charge in [-0.1, -0.05) is 37.3 Å². The van der Waals surface area contributed by atoms with E-state index in [4.69, 9.17) is 12.2 Å². The fourth-order valence-corrected chi connectivity index (χ4v) is 3.16. The molecule has 0 saturated carbocycles. The zero-order chi connectivity index (χ0) is 15.4. The summed E-state index contributed by atoms with van der Waals surface area (Å²) in [4.78, 5) is 24.6. The highest BCUT2D eigenvalue weighted by Crippen LogP contribution is 2.32. The summed E-state index contributed by atoms with van der Waals surface area (Å²) in [5.41, 5.74) is 0.777. The van der Waals surface area contributed by atoms with Gasteiger partial charge in [-0.2, -0.15) is 0 Å². The summed E-state index contributed by atoms with van der Waals surface area (Å²) < 4.78 is 0.571. The molecule has 1 saturated heterocycles. The second-order valence-electron chi connectivity index (χ2n) is 4.54. The number of thiocarbonyl (C=S) groups is 1. The summed E-state index contributed by atoms with van der Waals surface area (Å²) in [5, 5.41) is 10.6. The Labute approximate surface area is 132 Å². The minimum Gasteiger partial charge on any atom is -0.293 e. The first-order valence-corrected chi connectivity index (χ1v) is 7.75. The van der Waals surface area contributed by atoms with Crippen molar-refractivity contribution in [2.75, 3.05) is 6.54 Å². The Morgan fingerprint density at radius 1 is 1.38 bits per heavy atom. The Morgan fingerprint density at radius 3 is 2.62 bits per heavy atom. The van der Waals surface area contributed by atoms with Gasteiger partial charge in [0, 0.05) is 18.7 Å². The van der Waals surface area contributed by atoms with Crippen LogP contribution in [0.3, 0.4) is 0 Å². The van der Waals surface area contributed by atoms with E-state index in [9.17, 15) is 14.9 Å². The molecular weight excluding hydrogens is 308 g/mol. The Kier molecular flexibility index (Phi) is 5.08. The van der Waals surface area contributed by atoms with Gasteiger partial charge in [0.2, 0.25) is 0 Å². The van der Waals surface area contributed by atoms with Crippen molar-refractivity contribution >= 4 is 46.0 Å². The summed E-state index contributed by atoms with van der Waals surface area (Å²) in [6.45, 7) is 2.70. The predicted octanol–water partition coefficient (Wildman–Crippen LogP) is 3.60. The number of amides is 1. The molecule has 0 radical (unpaired) electrons. The highest BCUT2D eigenvalue weighted by molar-refractivity contribution is 8.26. The highest BCUT2D eigenvalue weighted by Gasteiger charge is 2.31. The maximum absolute atomic E-state index is 12.2. The third-order valence-electron chi connectivity index (χ3n) is 3.01. The van der Waals surface area contributed by atoms with Crippen LogP contribution in [-0.4, -0.2) is 26.6 Å². The van der Waals surface area contributed by atoms with Crippen LogP contribution in [0.1, 0.15) is 25.3 Å². The Hall–Kier alpha value is -1.73. The Bertz CT molecular complexity index is 611. The standard InChI is InChI=1S/C14H14N2O3S2/c1-2-3-8-15-13(17)12(21-14(15)20)9-10-4-6-11(7-5-10)16(18)19/h4-7,9H,2-3,8H2,1H3. The van der Waals surface area contributed by atoms with Crippen LogP contribution in [0.2, 0.25) is 0 Å². The summed E-state index contributed by atoms with van der Waals surface area (Å²) in [5.74, 6) is -0.0863. The van der Waals surface area contributed by atoms with Crippen LogP contribution >= 0.6 is 24.0 Å². The summed E-state index contributed by atoms with van der Waals surface area (Å²) in [6, 6.07) is 6.08. The molecule has 21 heavy (non-hydrogen) atoms. The molecule has 0 unspecified atom stereocenters. The predicted molar refractivity (Wildman–Crippen MR) is 87.9 cm³/mol. The Morgan fingerprint density at radius 2 is 2.05 bits per heavy atom. The monoisotopic (exact) mass is 322 g/mol. The van der Waals surface area contributed by atoms with Gasteiger partial charge in [0.15, 0.2) is 0 Å². The molecule has 0 aliphatic carbocycles. The topological polar surface area (TPSA) is 63.5 Å². The van der Waals surface area contributed by atoms with Crippen molar-refractivity contribution in [2.45, 2.75) is 19.8 Å². The third kappa shape index (κ3) is 3.68. The van der Waals surface area contributed by atoms with Crippen molar-refractivity contribution in [3.8, 4) is 0 Å². The minimum atomic E-state index is -0.450. The lowest BCUT2D eigenvalue weighted by Crippen LogP contribution is -2.28. The second kappa shape index (κ2) is 6.82. The number of nitro benzene ring substituents is 1.